The number of anilines is 1. The van der Waals surface area contributed by atoms with Gasteiger partial charge in [-0.05, 0) is 31.4 Å². The number of aromatic nitrogens is 2. The third-order valence-corrected chi connectivity index (χ3v) is 5.82. The van der Waals surface area contributed by atoms with Crippen LogP contribution in [0.25, 0.3) is 22.4 Å². The van der Waals surface area contributed by atoms with E-state index in [2.05, 4.69) is 15.5 Å². The Morgan fingerprint density at radius 3 is 2.94 bits per heavy atom. The molecule has 8 heteroatoms. The second-order valence-corrected chi connectivity index (χ2v) is 8.18. The van der Waals surface area contributed by atoms with Crippen LogP contribution in [0.3, 0.4) is 0 Å². The van der Waals surface area contributed by atoms with Gasteiger partial charge in [-0.1, -0.05) is 47.1 Å². The van der Waals surface area contributed by atoms with E-state index in [-0.39, 0.29) is 5.91 Å². The first kappa shape index (κ1) is 19.6. The SMILES string of the molecule is Cc1onc(-c2ccccc2)c1C(=O)N1CC[C@@H](CNc2nc3ccc(Cl)cc3o2)C1. The number of carbonyl (C=O) groups excluding carboxylic acids is 1. The zero-order valence-electron chi connectivity index (χ0n) is 17.0. The number of likely N-dealkylation sites (tertiary alicyclic amines) is 1. The number of oxazole rings is 1. The number of aryl methyl sites for hydroxylation is 1. The van der Waals surface area contributed by atoms with Crippen molar-refractivity contribution in [1.82, 2.24) is 15.0 Å². The highest BCUT2D eigenvalue weighted by atomic mass is 35.5. The average Bonchev–Trinajstić information content (AvgIpc) is 3.50. The molecular weight excluding hydrogens is 416 g/mol. The van der Waals surface area contributed by atoms with Crippen LogP contribution in [0.4, 0.5) is 6.01 Å². The maximum atomic E-state index is 13.3. The number of rotatable bonds is 5. The monoisotopic (exact) mass is 436 g/mol. The minimum Gasteiger partial charge on any atom is -0.424 e. The molecule has 0 unspecified atom stereocenters. The number of benzene rings is 2. The van der Waals surface area contributed by atoms with Crippen molar-refractivity contribution < 1.29 is 13.7 Å². The number of halogens is 1. The fourth-order valence-electron chi connectivity index (χ4n) is 3.96. The summed E-state index contributed by atoms with van der Waals surface area (Å²) in [4.78, 5) is 19.5. The van der Waals surface area contributed by atoms with E-state index in [0.717, 1.165) is 17.5 Å². The number of hydrogen-bond donors (Lipinski definition) is 1. The van der Waals surface area contributed by atoms with Crippen LogP contribution in [-0.4, -0.2) is 40.6 Å². The molecule has 4 aromatic rings. The second kappa shape index (κ2) is 8.07. The fraction of sp³-hybridized carbons (Fsp3) is 0.261. The second-order valence-electron chi connectivity index (χ2n) is 7.75. The molecule has 1 fully saturated rings. The van der Waals surface area contributed by atoms with E-state index in [4.69, 9.17) is 20.5 Å². The summed E-state index contributed by atoms with van der Waals surface area (Å²) < 4.78 is 11.1. The molecule has 1 saturated heterocycles. The molecule has 7 nitrogen and oxygen atoms in total. The molecule has 0 aliphatic carbocycles. The predicted molar refractivity (Wildman–Crippen MR) is 118 cm³/mol. The minimum atomic E-state index is -0.0448. The lowest BCUT2D eigenvalue weighted by atomic mass is 10.1. The lowest BCUT2D eigenvalue weighted by Gasteiger charge is -2.17. The highest BCUT2D eigenvalue weighted by Crippen LogP contribution is 2.29. The summed E-state index contributed by atoms with van der Waals surface area (Å²) in [7, 11) is 0. The maximum Gasteiger partial charge on any atom is 0.295 e. The molecule has 1 atom stereocenters. The lowest BCUT2D eigenvalue weighted by Crippen LogP contribution is -2.30. The van der Waals surface area contributed by atoms with E-state index in [9.17, 15) is 4.79 Å². The molecule has 158 valence electrons. The fourth-order valence-corrected chi connectivity index (χ4v) is 4.13. The summed E-state index contributed by atoms with van der Waals surface area (Å²) in [6.07, 6.45) is 0.899. The van der Waals surface area contributed by atoms with Crippen molar-refractivity contribution in [2.24, 2.45) is 5.92 Å². The van der Waals surface area contributed by atoms with Gasteiger partial charge in [0.15, 0.2) is 5.58 Å². The van der Waals surface area contributed by atoms with Crippen LogP contribution in [0.1, 0.15) is 22.5 Å². The first-order chi connectivity index (χ1) is 15.1. The summed E-state index contributed by atoms with van der Waals surface area (Å²) in [6, 6.07) is 15.5. The molecule has 2 aromatic heterocycles. The Kier molecular flexibility index (Phi) is 5.11. The van der Waals surface area contributed by atoms with Gasteiger partial charge in [0.05, 0.1) is 0 Å². The quantitative estimate of drug-likeness (QED) is 0.473. The van der Waals surface area contributed by atoms with E-state index < -0.39 is 0 Å². The van der Waals surface area contributed by atoms with Crippen LogP contribution >= 0.6 is 11.6 Å². The van der Waals surface area contributed by atoms with Crippen molar-refractivity contribution >= 4 is 34.6 Å². The zero-order valence-corrected chi connectivity index (χ0v) is 17.7. The summed E-state index contributed by atoms with van der Waals surface area (Å²) in [5.74, 6) is 0.787. The molecule has 31 heavy (non-hydrogen) atoms. The van der Waals surface area contributed by atoms with Crippen LogP contribution in [0, 0.1) is 12.8 Å². The van der Waals surface area contributed by atoms with Gasteiger partial charge in [-0.2, -0.15) is 4.98 Å². The summed E-state index contributed by atoms with van der Waals surface area (Å²) in [5, 5.41) is 7.99. The van der Waals surface area contributed by atoms with Gasteiger partial charge >= 0.3 is 0 Å². The molecule has 0 spiro atoms. The number of amides is 1. The Labute approximate surface area is 184 Å². The van der Waals surface area contributed by atoms with E-state index in [1.807, 2.05) is 41.3 Å². The topological polar surface area (TPSA) is 84.4 Å². The number of carbonyl (C=O) groups is 1. The highest BCUT2D eigenvalue weighted by molar-refractivity contribution is 6.31. The molecule has 0 bridgehead atoms. The van der Waals surface area contributed by atoms with Crippen LogP contribution in [-0.2, 0) is 0 Å². The predicted octanol–water partition coefficient (Wildman–Crippen LogP) is 5.02. The van der Waals surface area contributed by atoms with Crippen molar-refractivity contribution in [2.45, 2.75) is 13.3 Å². The van der Waals surface area contributed by atoms with Gasteiger partial charge in [-0.25, -0.2) is 0 Å². The van der Waals surface area contributed by atoms with Crippen molar-refractivity contribution in [2.75, 3.05) is 25.0 Å². The number of nitrogens with zero attached hydrogens (tertiary/aromatic N) is 3. The van der Waals surface area contributed by atoms with Gasteiger partial charge in [0.25, 0.3) is 11.9 Å². The van der Waals surface area contributed by atoms with Crippen molar-refractivity contribution in [3.63, 3.8) is 0 Å². The van der Waals surface area contributed by atoms with E-state index in [1.54, 1.807) is 19.1 Å². The molecule has 0 saturated carbocycles. The first-order valence-corrected chi connectivity index (χ1v) is 10.6. The van der Waals surface area contributed by atoms with E-state index >= 15 is 0 Å². The molecule has 0 radical (unpaired) electrons. The van der Waals surface area contributed by atoms with E-state index in [0.29, 0.717) is 59.2 Å². The molecule has 1 aliphatic heterocycles. The Balaban J connectivity index is 1.25. The van der Waals surface area contributed by atoms with Crippen molar-refractivity contribution in [3.8, 4) is 11.3 Å². The van der Waals surface area contributed by atoms with Crippen molar-refractivity contribution in [1.29, 1.82) is 0 Å². The largest absolute Gasteiger partial charge is 0.424 e. The number of nitrogens with one attached hydrogen (secondary N) is 1. The molecule has 3 heterocycles. The summed E-state index contributed by atoms with van der Waals surface area (Å²) in [6.45, 7) is 3.78. The van der Waals surface area contributed by atoms with Crippen LogP contribution in [0.5, 0.6) is 0 Å². The molecule has 1 N–H and O–H groups in total. The highest BCUT2D eigenvalue weighted by Gasteiger charge is 2.31. The average molecular weight is 437 g/mol. The van der Waals surface area contributed by atoms with Gasteiger partial charge in [0.1, 0.15) is 22.5 Å². The number of fused-ring (bicyclic) bond motifs is 1. The smallest absolute Gasteiger partial charge is 0.295 e. The zero-order chi connectivity index (χ0) is 21.4. The van der Waals surface area contributed by atoms with Crippen molar-refractivity contribution in [3.05, 3.63) is 64.9 Å². The van der Waals surface area contributed by atoms with Gasteiger partial charge < -0.3 is 19.2 Å². The van der Waals surface area contributed by atoms with Gasteiger partial charge in [0, 0.05) is 36.3 Å². The van der Waals surface area contributed by atoms with Crippen LogP contribution in [0.15, 0.2) is 57.5 Å². The number of hydrogen-bond acceptors (Lipinski definition) is 6. The van der Waals surface area contributed by atoms with Gasteiger partial charge in [0.2, 0.25) is 0 Å². The molecular formula is C23H21ClN4O3. The summed E-state index contributed by atoms with van der Waals surface area (Å²) in [5.41, 5.74) is 3.41. The first-order valence-electron chi connectivity index (χ1n) is 10.2. The third kappa shape index (κ3) is 3.88. The molecule has 1 aliphatic rings. The maximum absolute atomic E-state index is 13.3. The Bertz CT molecular complexity index is 1230. The van der Waals surface area contributed by atoms with Crippen LogP contribution in [0.2, 0.25) is 5.02 Å². The lowest BCUT2D eigenvalue weighted by molar-refractivity contribution is 0.0786. The molecule has 5 rings (SSSR count). The normalized spacial score (nSPS) is 16.2. The van der Waals surface area contributed by atoms with Gasteiger partial charge in [-0.3, -0.25) is 4.79 Å². The standard InChI is InChI=1S/C23H21ClN4O3/c1-14-20(21(27-31-14)16-5-3-2-4-6-16)22(29)28-10-9-15(13-28)12-25-23-26-18-8-7-17(24)11-19(18)30-23/h2-8,11,15H,9-10,12-13H2,1H3,(H,25,26)/t15-/m0/s1. The molecule has 2 aromatic carbocycles. The third-order valence-electron chi connectivity index (χ3n) is 5.59. The Hall–Kier alpha value is -3.32. The minimum absolute atomic E-state index is 0.0448. The summed E-state index contributed by atoms with van der Waals surface area (Å²) >= 11 is 6.00. The van der Waals surface area contributed by atoms with Crippen LogP contribution < -0.4 is 5.32 Å². The Morgan fingerprint density at radius 1 is 1.26 bits per heavy atom. The van der Waals surface area contributed by atoms with Gasteiger partial charge in [-0.15, -0.1) is 0 Å². The van der Waals surface area contributed by atoms with E-state index in [1.165, 1.54) is 0 Å². The molecule has 1 amide bonds. The Morgan fingerprint density at radius 2 is 2.10 bits per heavy atom.